The van der Waals surface area contributed by atoms with Gasteiger partial charge in [0, 0.05) is 13.0 Å². The van der Waals surface area contributed by atoms with E-state index in [1.807, 2.05) is 0 Å². The molecule has 92 valence electrons. The predicted octanol–water partition coefficient (Wildman–Crippen LogP) is 0.779. The van der Waals surface area contributed by atoms with Gasteiger partial charge in [0.05, 0.1) is 11.6 Å². The standard InChI is InChI=1S/C9H9ClN8/c10-9-15-7(5-3-13-18-8(5)16-9)11-2-1-6-12-4-14-17-6/h3-4H,1-2H2,(H,12,14,17)(H2,11,13,15,16,18). The molecule has 0 aliphatic heterocycles. The monoisotopic (exact) mass is 264 g/mol. The van der Waals surface area contributed by atoms with Crippen LogP contribution in [0.5, 0.6) is 0 Å². The minimum atomic E-state index is 0.175. The highest BCUT2D eigenvalue weighted by atomic mass is 35.5. The maximum atomic E-state index is 5.82. The Morgan fingerprint density at radius 3 is 3.00 bits per heavy atom. The van der Waals surface area contributed by atoms with Crippen molar-refractivity contribution in [3.8, 4) is 0 Å². The van der Waals surface area contributed by atoms with Gasteiger partial charge in [-0.3, -0.25) is 10.2 Å². The number of halogens is 1. The lowest BCUT2D eigenvalue weighted by Gasteiger charge is -2.05. The maximum absolute atomic E-state index is 5.82. The van der Waals surface area contributed by atoms with E-state index in [-0.39, 0.29) is 5.28 Å². The molecule has 0 bridgehead atoms. The zero-order chi connectivity index (χ0) is 12.4. The fraction of sp³-hybridized carbons (Fsp3) is 0.222. The van der Waals surface area contributed by atoms with Gasteiger partial charge in [-0.25, -0.2) is 4.98 Å². The first kappa shape index (κ1) is 10.9. The van der Waals surface area contributed by atoms with E-state index in [2.05, 4.69) is 40.7 Å². The van der Waals surface area contributed by atoms with Crippen LogP contribution in [0.25, 0.3) is 11.0 Å². The SMILES string of the molecule is Clc1nc(NCCc2ncn[nH]2)c2cn[nH]c2n1. The van der Waals surface area contributed by atoms with Crippen LogP contribution in [0.1, 0.15) is 5.82 Å². The molecule has 0 aliphatic rings. The molecule has 0 spiro atoms. The smallest absolute Gasteiger partial charge is 0.226 e. The van der Waals surface area contributed by atoms with E-state index in [4.69, 9.17) is 11.6 Å². The Labute approximate surface area is 106 Å². The van der Waals surface area contributed by atoms with Crippen LogP contribution in [0, 0.1) is 0 Å². The first-order valence-corrected chi connectivity index (χ1v) is 5.65. The Hall–Kier alpha value is -2.22. The molecule has 0 aromatic carbocycles. The largest absolute Gasteiger partial charge is 0.369 e. The van der Waals surface area contributed by atoms with Crippen LogP contribution in [0.15, 0.2) is 12.5 Å². The van der Waals surface area contributed by atoms with E-state index in [0.29, 0.717) is 24.4 Å². The minimum Gasteiger partial charge on any atom is -0.369 e. The van der Waals surface area contributed by atoms with Gasteiger partial charge in [-0.15, -0.1) is 0 Å². The molecule has 8 nitrogen and oxygen atoms in total. The normalized spacial score (nSPS) is 10.9. The van der Waals surface area contributed by atoms with Crippen LogP contribution < -0.4 is 5.32 Å². The molecule has 0 saturated carbocycles. The van der Waals surface area contributed by atoms with Crippen LogP contribution in [0.3, 0.4) is 0 Å². The van der Waals surface area contributed by atoms with Crippen molar-refractivity contribution in [1.29, 1.82) is 0 Å². The predicted molar refractivity (Wildman–Crippen MR) is 65.3 cm³/mol. The topological polar surface area (TPSA) is 108 Å². The summed E-state index contributed by atoms with van der Waals surface area (Å²) in [5.41, 5.74) is 0.608. The number of rotatable bonds is 4. The van der Waals surface area contributed by atoms with Gasteiger partial charge in [-0.2, -0.15) is 20.2 Å². The zero-order valence-electron chi connectivity index (χ0n) is 9.18. The lowest BCUT2D eigenvalue weighted by atomic mass is 10.3. The summed E-state index contributed by atoms with van der Waals surface area (Å²) in [6.45, 7) is 0.656. The number of hydrogen-bond donors (Lipinski definition) is 3. The first-order chi connectivity index (χ1) is 8.83. The summed E-state index contributed by atoms with van der Waals surface area (Å²) in [6.07, 6.45) is 3.84. The van der Waals surface area contributed by atoms with Crippen LogP contribution in [0.4, 0.5) is 5.82 Å². The molecule has 0 fully saturated rings. The third kappa shape index (κ3) is 2.09. The van der Waals surface area contributed by atoms with Gasteiger partial charge in [0.1, 0.15) is 18.0 Å². The highest BCUT2D eigenvalue weighted by Crippen LogP contribution is 2.19. The van der Waals surface area contributed by atoms with Gasteiger partial charge in [0.25, 0.3) is 0 Å². The third-order valence-corrected chi connectivity index (χ3v) is 2.57. The number of hydrogen-bond acceptors (Lipinski definition) is 6. The van der Waals surface area contributed by atoms with Gasteiger partial charge in [0.15, 0.2) is 5.65 Å². The second kappa shape index (κ2) is 4.57. The molecule has 0 radical (unpaired) electrons. The Kier molecular flexibility index (Phi) is 2.77. The number of nitrogens with zero attached hydrogens (tertiary/aromatic N) is 5. The fourth-order valence-electron chi connectivity index (χ4n) is 1.59. The van der Waals surface area contributed by atoms with E-state index >= 15 is 0 Å². The molecule has 3 aromatic heterocycles. The van der Waals surface area contributed by atoms with Crippen LogP contribution in [0.2, 0.25) is 5.28 Å². The summed E-state index contributed by atoms with van der Waals surface area (Å²) < 4.78 is 0. The average molecular weight is 265 g/mol. The van der Waals surface area contributed by atoms with Crippen molar-refractivity contribution in [2.45, 2.75) is 6.42 Å². The summed E-state index contributed by atoms with van der Waals surface area (Å²) in [5, 5.41) is 17.4. The van der Waals surface area contributed by atoms with Crippen LogP contribution >= 0.6 is 11.6 Å². The van der Waals surface area contributed by atoms with E-state index in [0.717, 1.165) is 11.2 Å². The number of fused-ring (bicyclic) bond motifs is 1. The number of aromatic nitrogens is 7. The summed E-state index contributed by atoms with van der Waals surface area (Å²) in [5.74, 6) is 1.46. The average Bonchev–Trinajstić information content (AvgIpc) is 2.98. The second-order valence-electron chi connectivity index (χ2n) is 3.58. The lowest BCUT2D eigenvalue weighted by Crippen LogP contribution is -2.08. The summed E-state index contributed by atoms with van der Waals surface area (Å²) in [4.78, 5) is 12.2. The Bertz CT molecular complexity index is 646. The van der Waals surface area contributed by atoms with Gasteiger partial charge in [0.2, 0.25) is 5.28 Å². The minimum absolute atomic E-state index is 0.175. The molecule has 0 atom stereocenters. The molecule has 0 saturated heterocycles. The van der Waals surface area contributed by atoms with Crippen molar-refractivity contribution >= 4 is 28.5 Å². The van der Waals surface area contributed by atoms with Crippen molar-refractivity contribution in [1.82, 2.24) is 35.3 Å². The zero-order valence-corrected chi connectivity index (χ0v) is 9.94. The molecule has 0 amide bonds. The lowest BCUT2D eigenvalue weighted by molar-refractivity contribution is 0.897. The van der Waals surface area contributed by atoms with Gasteiger partial charge < -0.3 is 5.32 Å². The summed E-state index contributed by atoms with van der Waals surface area (Å²) in [7, 11) is 0. The van der Waals surface area contributed by atoms with Crippen LogP contribution in [-0.4, -0.2) is 41.9 Å². The molecule has 18 heavy (non-hydrogen) atoms. The second-order valence-corrected chi connectivity index (χ2v) is 3.92. The van der Waals surface area contributed by atoms with Crippen molar-refractivity contribution in [2.75, 3.05) is 11.9 Å². The highest BCUT2D eigenvalue weighted by Gasteiger charge is 2.08. The van der Waals surface area contributed by atoms with E-state index < -0.39 is 0 Å². The van der Waals surface area contributed by atoms with E-state index in [1.165, 1.54) is 6.33 Å². The quantitative estimate of drug-likeness (QED) is 0.601. The molecular formula is C9H9ClN8. The molecular weight excluding hydrogens is 256 g/mol. The molecule has 3 rings (SSSR count). The maximum Gasteiger partial charge on any atom is 0.226 e. The third-order valence-electron chi connectivity index (χ3n) is 2.40. The summed E-state index contributed by atoms with van der Waals surface area (Å²) in [6, 6.07) is 0. The van der Waals surface area contributed by atoms with E-state index in [1.54, 1.807) is 6.20 Å². The molecule has 9 heteroatoms. The van der Waals surface area contributed by atoms with Crippen molar-refractivity contribution in [3.63, 3.8) is 0 Å². The fourth-order valence-corrected chi connectivity index (χ4v) is 1.76. The molecule has 3 heterocycles. The number of H-pyrrole nitrogens is 2. The number of aromatic amines is 2. The van der Waals surface area contributed by atoms with Gasteiger partial charge >= 0.3 is 0 Å². The van der Waals surface area contributed by atoms with Crippen molar-refractivity contribution < 1.29 is 0 Å². The number of nitrogens with one attached hydrogen (secondary N) is 3. The Morgan fingerprint density at radius 1 is 1.22 bits per heavy atom. The highest BCUT2D eigenvalue weighted by molar-refractivity contribution is 6.28. The molecule has 3 N–H and O–H groups in total. The van der Waals surface area contributed by atoms with E-state index in [9.17, 15) is 0 Å². The van der Waals surface area contributed by atoms with Crippen LogP contribution in [-0.2, 0) is 6.42 Å². The Morgan fingerprint density at radius 2 is 2.17 bits per heavy atom. The van der Waals surface area contributed by atoms with Crippen molar-refractivity contribution in [2.24, 2.45) is 0 Å². The molecule has 0 unspecified atom stereocenters. The number of anilines is 1. The van der Waals surface area contributed by atoms with Gasteiger partial charge in [-0.1, -0.05) is 0 Å². The van der Waals surface area contributed by atoms with Crippen molar-refractivity contribution in [3.05, 3.63) is 23.6 Å². The Balaban J connectivity index is 1.75. The molecule has 0 aliphatic carbocycles. The molecule has 3 aromatic rings. The van der Waals surface area contributed by atoms with Gasteiger partial charge in [-0.05, 0) is 11.6 Å². The first-order valence-electron chi connectivity index (χ1n) is 5.27. The summed E-state index contributed by atoms with van der Waals surface area (Å²) >= 11 is 5.82.